The Balaban J connectivity index is 1.82. The quantitative estimate of drug-likeness (QED) is 0.677. The fraction of sp³-hybridized carbons (Fsp3) is 0.105. The Bertz CT molecular complexity index is 1070. The zero-order valence-corrected chi connectivity index (χ0v) is 15.4. The van der Waals surface area contributed by atoms with E-state index in [-0.39, 0.29) is 16.4 Å². The molecule has 1 heterocycles. The van der Waals surface area contributed by atoms with E-state index in [1.54, 1.807) is 19.1 Å². The number of aryl methyl sites for hydroxylation is 1. The molecule has 0 aliphatic carbocycles. The monoisotopic (exact) mass is 405 g/mol. The van der Waals surface area contributed by atoms with Crippen molar-refractivity contribution in [1.82, 2.24) is 4.98 Å². The molecule has 0 aliphatic heterocycles. The van der Waals surface area contributed by atoms with Gasteiger partial charge in [0.05, 0.1) is 22.0 Å². The third kappa shape index (κ3) is 4.20. The maximum Gasteiger partial charge on any atom is 0.267 e. The van der Waals surface area contributed by atoms with Crippen molar-refractivity contribution in [3.63, 3.8) is 0 Å². The molecule has 2 aromatic carbocycles. The second kappa shape index (κ2) is 7.81. The number of nitrogens with zero attached hydrogens (tertiary/aromatic N) is 1. The van der Waals surface area contributed by atoms with E-state index in [0.29, 0.717) is 23.2 Å². The van der Waals surface area contributed by atoms with Gasteiger partial charge in [-0.25, -0.2) is 18.2 Å². The van der Waals surface area contributed by atoms with Gasteiger partial charge in [-0.15, -0.1) is 11.3 Å². The van der Waals surface area contributed by atoms with Gasteiger partial charge in [0.2, 0.25) is 0 Å². The van der Waals surface area contributed by atoms with Crippen LogP contribution in [0.15, 0.2) is 36.4 Å². The molecule has 0 fully saturated rings. The highest BCUT2D eigenvalue weighted by Gasteiger charge is 2.19. The maximum absolute atomic E-state index is 13.9. The Labute approximate surface area is 162 Å². The lowest BCUT2D eigenvalue weighted by molar-refractivity contribution is 0.0992. The van der Waals surface area contributed by atoms with Crippen LogP contribution in [0.25, 0.3) is 0 Å². The van der Waals surface area contributed by atoms with Crippen molar-refractivity contribution >= 4 is 28.8 Å². The van der Waals surface area contributed by atoms with Gasteiger partial charge in [-0.1, -0.05) is 12.1 Å². The first-order chi connectivity index (χ1) is 13.2. The molecule has 0 aliphatic rings. The van der Waals surface area contributed by atoms with Gasteiger partial charge < -0.3 is 11.1 Å². The average Bonchev–Trinajstić information content (AvgIpc) is 2.99. The Morgan fingerprint density at radius 1 is 1.11 bits per heavy atom. The standard InChI is InChI=1S/C19H14F3N3O2S/c1-9-17(28-16(24-9)6-10-2-4-11(20)5-3-10)19(27)25-15-7-12(18(23)26)13(21)8-14(15)22/h2-5,7-8H,6H2,1H3,(H2,23,26)(H,25,27). The highest BCUT2D eigenvalue weighted by Crippen LogP contribution is 2.24. The Kier molecular flexibility index (Phi) is 5.46. The van der Waals surface area contributed by atoms with Crippen LogP contribution in [0.1, 0.15) is 36.3 Å². The highest BCUT2D eigenvalue weighted by molar-refractivity contribution is 7.14. The molecule has 28 heavy (non-hydrogen) atoms. The van der Waals surface area contributed by atoms with Crippen molar-refractivity contribution in [2.24, 2.45) is 5.73 Å². The van der Waals surface area contributed by atoms with Crippen LogP contribution in [-0.4, -0.2) is 16.8 Å². The van der Waals surface area contributed by atoms with Gasteiger partial charge in [-0.05, 0) is 30.7 Å². The maximum atomic E-state index is 13.9. The number of halogens is 3. The summed E-state index contributed by atoms with van der Waals surface area (Å²) in [7, 11) is 0. The van der Waals surface area contributed by atoms with Crippen LogP contribution in [0, 0.1) is 24.4 Å². The van der Waals surface area contributed by atoms with Gasteiger partial charge in [0.25, 0.3) is 11.8 Å². The van der Waals surface area contributed by atoms with Crippen molar-refractivity contribution in [3.05, 3.63) is 80.6 Å². The SMILES string of the molecule is Cc1nc(Cc2ccc(F)cc2)sc1C(=O)Nc1cc(C(N)=O)c(F)cc1F. The molecule has 0 saturated carbocycles. The summed E-state index contributed by atoms with van der Waals surface area (Å²) in [6.07, 6.45) is 0.399. The van der Waals surface area contributed by atoms with Crippen LogP contribution < -0.4 is 11.1 Å². The molecule has 1 aromatic heterocycles. The molecule has 144 valence electrons. The van der Waals surface area contributed by atoms with E-state index in [2.05, 4.69) is 10.3 Å². The predicted molar refractivity (Wildman–Crippen MR) is 98.9 cm³/mol. The summed E-state index contributed by atoms with van der Waals surface area (Å²) in [6, 6.07) is 7.22. The molecule has 0 saturated heterocycles. The summed E-state index contributed by atoms with van der Waals surface area (Å²) >= 11 is 1.10. The van der Waals surface area contributed by atoms with E-state index in [9.17, 15) is 22.8 Å². The number of nitrogens with two attached hydrogens (primary N) is 1. The fourth-order valence-electron chi connectivity index (χ4n) is 2.53. The van der Waals surface area contributed by atoms with E-state index < -0.39 is 29.0 Å². The topological polar surface area (TPSA) is 85.1 Å². The zero-order valence-electron chi connectivity index (χ0n) is 14.6. The lowest BCUT2D eigenvalue weighted by Gasteiger charge is -2.08. The normalized spacial score (nSPS) is 10.7. The lowest BCUT2D eigenvalue weighted by Crippen LogP contribution is -2.17. The second-order valence-corrected chi connectivity index (χ2v) is 7.04. The number of benzene rings is 2. The summed E-state index contributed by atoms with van der Waals surface area (Å²) < 4.78 is 40.5. The van der Waals surface area contributed by atoms with Crippen LogP contribution in [0.2, 0.25) is 0 Å². The predicted octanol–water partition coefficient (Wildman–Crippen LogP) is 3.81. The van der Waals surface area contributed by atoms with E-state index in [4.69, 9.17) is 5.73 Å². The van der Waals surface area contributed by atoms with Crippen LogP contribution in [0.5, 0.6) is 0 Å². The number of carbonyl (C=O) groups is 2. The molecular formula is C19H14F3N3O2S. The summed E-state index contributed by atoms with van der Waals surface area (Å²) in [5.41, 5.74) is 5.39. The molecule has 0 bridgehead atoms. The van der Waals surface area contributed by atoms with Crippen molar-refractivity contribution in [1.29, 1.82) is 0 Å². The molecule has 0 atom stereocenters. The average molecular weight is 405 g/mol. The molecule has 0 spiro atoms. The Hall–Kier alpha value is -3.20. The molecule has 0 unspecified atom stereocenters. The number of carbonyl (C=O) groups excluding carboxylic acids is 2. The molecule has 5 nitrogen and oxygen atoms in total. The van der Waals surface area contributed by atoms with Crippen LogP contribution in [-0.2, 0) is 6.42 Å². The minimum absolute atomic E-state index is 0.237. The number of nitrogens with one attached hydrogen (secondary N) is 1. The number of thiazole rings is 1. The lowest BCUT2D eigenvalue weighted by atomic mass is 10.1. The number of amides is 2. The summed E-state index contributed by atoms with van der Waals surface area (Å²) in [5.74, 6) is -4.23. The highest BCUT2D eigenvalue weighted by atomic mass is 32.1. The van der Waals surface area contributed by atoms with E-state index in [0.717, 1.165) is 23.0 Å². The van der Waals surface area contributed by atoms with Gasteiger partial charge in [0.15, 0.2) is 0 Å². The number of primary amides is 1. The van der Waals surface area contributed by atoms with Gasteiger partial charge in [-0.2, -0.15) is 0 Å². The van der Waals surface area contributed by atoms with Crippen LogP contribution >= 0.6 is 11.3 Å². The zero-order chi connectivity index (χ0) is 20.4. The summed E-state index contributed by atoms with van der Waals surface area (Å²) in [6.45, 7) is 1.62. The molecular weight excluding hydrogens is 391 g/mol. The van der Waals surface area contributed by atoms with Crippen LogP contribution in [0.3, 0.4) is 0 Å². The summed E-state index contributed by atoms with van der Waals surface area (Å²) in [5, 5.41) is 2.92. The number of hydrogen-bond acceptors (Lipinski definition) is 4. The van der Waals surface area contributed by atoms with Gasteiger partial charge in [-0.3, -0.25) is 9.59 Å². The van der Waals surface area contributed by atoms with Gasteiger partial charge in [0.1, 0.15) is 22.3 Å². The number of aromatic nitrogens is 1. The summed E-state index contributed by atoms with van der Waals surface area (Å²) in [4.78, 5) is 28.3. The second-order valence-electron chi connectivity index (χ2n) is 5.96. The van der Waals surface area contributed by atoms with Crippen molar-refractivity contribution in [3.8, 4) is 0 Å². The number of rotatable bonds is 5. The Morgan fingerprint density at radius 2 is 1.79 bits per heavy atom. The molecule has 3 rings (SSSR count). The third-order valence-electron chi connectivity index (χ3n) is 3.89. The van der Waals surface area contributed by atoms with Crippen molar-refractivity contribution in [2.45, 2.75) is 13.3 Å². The first-order valence-corrected chi connectivity index (χ1v) is 8.87. The first-order valence-electron chi connectivity index (χ1n) is 8.05. The van der Waals surface area contributed by atoms with E-state index in [1.165, 1.54) is 12.1 Å². The van der Waals surface area contributed by atoms with E-state index >= 15 is 0 Å². The van der Waals surface area contributed by atoms with E-state index in [1.807, 2.05) is 0 Å². The minimum atomic E-state index is -1.11. The number of anilines is 1. The molecule has 3 aromatic rings. The largest absolute Gasteiger partial charge is 0.366 e. The third-order valence-corrected chi connectivity index (χ3v) is 5.04. The van der Waals surface area contributed by atoms with Gasteiger partial charge >= 0.3 is 0 Å². The van der Waals surface area contributed by atoms with Crippen LogP contribution in [0.4, 0.5) is 18.9 Å². The van der Waals surface area contributed by atoms with Crippen molar-refractivity contribution in [2.75, 3.05) is 5.32 Å². The Morgan fingerprint density at radius 3 is 2.43 bits per heavy atom. The fourth-order valence-corrected chi connectivity index (χ4v) is 3.52. The smallest absolute Gasteiger partial charge is 0.267 e. The van der Waals surface area contributed by atoms with Crippen molar-refractivity contribution < 1.29 is 22.8 Å². The molecule has 2 amide bonds. The minimum Gasteiger partial charge on any atom is -0.366 e. The molecule has 9 heteroatoms. The molecule has 0 radical (unpaired) electrons. The number of hydrogen-bond donors (Lipinski definition) is 2. The van der Waals surface area contributed by atoms with Gasteiger partial charge in [0, 0.05) is 12.5 Å². The molecule has 3 N–H and O–H groups in total. The first kappa shape index (κ1) is 19.6.